The average Bonchev–Trinajstić information content (AvgIpc) is 2.98. The molecule has 0 N–H and O–H groups in total. The first kappa shape index (κ1) is 22.8. The molecule has 30 heavy (non-hydrogen) atoms. The summed E-state index contributed by atoms with van der Waals surface area (Å²) < 4.78 is 16.5. The summed E-state index contributed by atoms with van der Waals surface area (Å²) in [4.78, 5) is 35.4. The second-order valence-electron chi connectivity index (χ2n) is 9.59. The van der Waals surface area contributed by atoms with Crippen LogP contribution in [0.2, 0.25) is 0 Å². The van der Waals surface area contributed by atoms with Gasteiger partial charge in [-0.3, -0.25) is 9.59 Å². The van der Waals surface area contributed by atoms with Crippen LogP contribution in [0.1, 0.15) is 73.1 Å². The first-order chi connectivity index (χ1) is 14.2. The number of hydrogen-bond acceptors (Lipinski definition) is 6. The number of fused-ring (bicyclic) bond motifs is 3. The molecule has 0 aromatic carbocycles. The Morgan fingerprint density at radius 2 is 1.87 bits per heavy atom. The lowest BCUT2D eigenvalue weighted by molar-refractivity contribution is -0.168. The zero-order chi connectivity index (χ0) is 22.1. The molecule has 6 heteroatoms. The lowest BCUT2D eigenvalue weighted by atomic mass is 9.53. The normalized spacial score (nSPS) is 37.6. The number of allylic oxidation sites excluding steroid dienone is 1. The van der Waals surface area contributed by atoms with Gasteiger partial charge in [-0.2, -0.15) is 0 Å². The van der Waals surface area contributed by atoms with Crippen molar-refractivity contribution in [3.05, 3.63) is 11.6 Å². The summed E-state index contributed by atoms with van der Waals surface area (Å²) in [6.45, 7) is 9.39. The zero-order valence-corrected chi connectivity index (χ0v) is 18.9. The summed E-state index contributed by atoms with van der Waals surface area (Å²) in [5.74, 6) is 0.664. The van der Waals surface area contributed by atoms with E-state index >= 15 is 0 Å². The molecule has 3 saturated carbocycles. The first-order valence-electron chi connectivity index (χ1n) is 11.4. The van der Waals surface area contributed by atoms with E-state index in [0.29, 0.717) is 18.4 Å². The van der Waals surface area contributed by atoms with E-state index in [2.05, 4.69) is 6.92 Å². The smallest absolute Gasteiger partial charge is 0.330 e. The molecule has 0 amide bonds. The summed E-state index contributed by atoms with van der Waals surface area (Å²) in [6, 6.07) is 0. The molecule has 0 bridgehead atoms. The van der Waals surface area contributed by atoms with Crippen LogP contribution in [-0.4, -0.2) is 36.7 Å². The maximum atomic E-state index is 11.9. The Balaban J connectivity index is 1.85. The summed E-state index contributed by atoms with van der Waals surface area (Å²) in [7, 11) is 0. The molecule has 1 unspecified atom stereocenters. The second kappa shape index (κ2) is 9.11. The Kier molecular flexibility index (Phi) is 6.93. The molecule has 168 valence electrons. The molecule has 3 aliphatic rings. The van der Waals surface area contributed by atoms with Gasteiger partial charge in [0.05, 0.1) is 6.61 Å². The molecular weight excluding hydrogens is 384 g/mol. The highest BCUT2D eigenvalue weighted by molar-refractivity contribution is 5.82. The maximum absolute atomic E-state index is 11.9. The maximum Gasteiger partial charge on any atom is 0.330 e. The van der Waals surface area contributed by atoms with Crippen molar-refractivity contribution in [1.29, 1.82) is 0 Å². The van der Waals surface area contributed by atoms with Crippen LogP contribution >= 0.6 is 0 Å². The summed E-state index contributed by atoms with van der Waals surface area (Å²) in [5, 5.41) is 0. The largest absolute Gasteiger partial charge is 0.463 e. The second-order valence-corrected chi connectivity index (χ2v) is 9.59. The van der Waals surface area contributed by atoms with Gasteiger partial charge < -0.3 is 14.2 Å². The minimum absolute atomic E-state index is 0.0293. The highest BCUT2D eigenvalue weighted by Gasteiger charge is 2.59. The Morgan fingerprint density at radius 3 is 2.50 bits per heavy atom. The molecular formula is C24H36O6. The predicted octanol–water partition coefficient (Wildman–Crippen LogP) is 4.21. The van der Waals surface area contributed by atoms with E-state index in [4.69, 9.17) is 14.2 Å². The third-order valence-corrected chi connectivity index (χ3v) is 7.81. The van der Waals surface area contributed by atoms with E-state index in [9.17, 15) is 14.4 Å². The number of carbonyl (C=O) groups excluding carboxylic acids is 3. The van der Waals surface area contributed by atoms with E-state index < -0.39 is 0 Å². The molecule has 0 heterocycles. The van der Waals surface area contributed by atoms with Crippen LogP contribution in [0.4, 0.5) is 0 Å². The Morgan fingerprint density at radius 1 is 1.13 bits per heavy atom. The third-order valence-electron chi connectivity index (χ3n) is 7.81. The van der Waals surface area contributed by atoms with Crippen LogP contribution in [-0.2, 0) is 28.6 Å². The molecule has 7 atom stereocenters. The molecule has 3 rings (SSSR count). The first-order valence-corrected chi connectivity index (χ1v) is 11.4. The lowest BCUT2D eigenvalue weighted by Crippen LogP contribution is -2.52. The number of esters is 3. The summed E-state index contributed by atoms with van der Waals surface area (Å²) in [5.41, 5.74) is 1.07. The van der Waals surface area contributed by atoms with Crippen molar-refractivity contribution in [3.63, 3.8) is 0 Å². The van der Waals surface area contributed by atoms with Gasteiger partial charge in [0.2, 0.25) is 0 Å². The molecule has 0 saturated heterocycles. The van der Waals surface area contributed by atoms with Crippen molar-refractivity contribution in [3.8, 4) is 0 Å². The van der Waals surface area contributed by atoms with Crippen LogP contribution in [0.25, 0.3) is 0 Å². The van der Waals surface area contributed by atoms with Crippen LogP contribution in [0.5, 0.6) is 0 Å². The van der Waals surface area contributed by atoms with E-state index in [1.54, 1.807) is 13.0 Å². The van der Waals surface area contributed by atoms with Crippen molar-refractivity contribution < 1.29 is 28.6 Å². The van der Waals surface area contributed by atoms with Crippen molar-refractivity contribution in [1.82, 2.24) is 0 Å². The SMILES string of the molecule is CCOC(=O)C=C1CC[C@@H]2[C@@H](C1)[C@H](OC(C)=O)C[C@]1(C)[C@@H](C(C)OC(C)=O)CC[C@@H]21. The van der Waals surface area contributed by atoms with Crippen molar-refractivity contribution in [2.24, 2.45) is 29.1 Å². The topological polar surface area (TPSA) is 78.9 Å². The average molecular weight is 421 g/mol. The van der Waals surface area contributed by atoms with Gasteiger partial charge in [-0.15, -0.1) is 0 Å². The number of ether oxygens (including phenoxy) is 3. The van der Waals surface area contributed by atoms with Gasteiger partial charge in [0.1, 0.15) is 12.2 Å². The van der Waals surface area contributed by atoms with Crippen LogP contribution in [0, 0.1) is 29.1 Å². The van der Waals surface area contributed by atoms with Crippen molar-refractivity contribution >= 4 is 17.9 Å². The molecule has 0 aliphatic heterocycles. The van der Waals surface area contributed by atoms with E-state index in [0.717, 1.165) is 44.1 Å². The van der Waals surface area contributed by atoms with Crippen molar-refractivity contribution in [2.75, 3.05) is 6.61 Å². The standard InChI is InChI=1S/C24H36O6/c1-6-28-23(27)12-17-7-8-18-19(11-17)22(30-16(4)26)13-24(5)20(9-10-21(18)24)14(2)29-15(3)25/h12,14,18-22H,6-11,13H2,1-5H3/t14?,18-,19-,20-,21+,22-,24-/m1/s1. The van der Waals surface area contributed by atoms with E-state index in [1.807, 2.05) is 6.92 Å². The van der Waals surface area contributed by atoms with Crippen LogP contribution < -0.4 is 0 Å². The molecule has 3 aliphatic carbocycles. The van der Waals surface area contributed by atoms with Crippen molar-refractivity contribution in [2.45, 2.75) is 85.4 Å². The van der Waals surface area contributed by atoms with Gasteiger partial charge in [0.15, 0.2) is 0 Å². The fraction of sp³-hybridized carbons (Fsp3) is 0.792. The number of hydrogen-bond donors (Lipinski definition) is 0. The number of rotatable bonds is 5. The lowest BCUT2D eigenvalue weighted by Gasteiger charge is -2.54. The van der Waals surface area contributed by atoms with Crippen LogP contribution in [0.3, 0.4) is 0 Å². The molecule has 6 nitrogen and oxygen atoms in total. The monoisotopic (exact) mass is 420 g/mol. The highest BCUT2D eigenvalue weighted by atomic mass is 16.5. The molecule has 0 radical (unpaired) electrons. The number of carbonyl (C=O) groups is 3. The summed E-state index contributed by atoms with van der Waals surface area (Å²) in [6.07, 6.45) is 6.87. The van der Waals surface area contributed by atoms with E-state index in [-0.39, 0.29) is 47.4 Å². The van der Waals surface area contributed by atoms with Crippen LogP contribution in [0.15, 0.2) is 11.6 Å². The van der Waals surface area contributed by atoms with Gasteiger partial charge >= 0.3 is 17.9 Å². The molecule has 3 fully saturated rings. The zero-order valence-electron chi connectivity index (χ0n) is 18.9. The molecule has 0 aromatic rings. The van der Waals surface area contributed by atoms with Gasteiger partial charge in [0, 0.05) is 31.8 Å². The molecule has 0 aromatic heterocycles. The predicted molar refractivity (Wildman–Crippen MR) is 111 cm³/mol. The fourth-order valence-electron chi connectivity index (χ4n) is 6.85. The minimum Gasteiger partial charge on any atom is -0.463 e. The van der Waals surface area contributed by atoms with Gasteiger partial charge in [0.25, 0.3) is 0 Å². The quantitative estimate of drug-likeness (QED) is 0.377. The highest BCUT2D eigenvalue weighted by Crippen LogP contribution is 2.63. The van der Waals surface area contributed by atoms with E-state index in [1.165, 1.54) is 13.8 Å². The summed E-state index contributed by atoms with van der Waals surface area (Å²) >= 11 is 0. The Bertz CT molecular complexity index is 712. The Hall–Kier alpha value is -1.85. The minimum atomic E-state index is -0.285. The fourth-order valence-corrected chi connectivity index (χ4v) is 6.85. The molecule has 0 spiro atoms. The van der Waals surface area contributed by atoms with Gasteiger partial charge in [-0.05, 0) is 69.6 Å². The Labute approximate surface area is 179 Å². The van der Waals surface area contributed by atoms with Gasteiger partial charge in [-0.25, -0.2) is 4.79 Å². The van der Waals surface area contributed by atoms with Gasteiger partial charge in [-0.1, -0.05) is 12.5 Å². The third kappa shape index (κ3) is 4.57.